The van der Waals surface area contributed by atoms with Crippen LogP contribution in [0.15, 0.2) is 23.0 Å². The summed E-state index contributed by atoms with van der Waals surface area (Å²) in [5, 5.41) is 2.48. The van der Waals surface area contributed by atoms with Gasteiger partial charge in [0.25, 0.3) is 0 Å². The number of rotatable bonds is 0. The number of furan rings is 1. The average molecular weight is 286 g/mol. The molecule has 1 aromatic carbocycles. The predicted octanol–water partition coefficient (Wildman–Crippen LogP) is 6.33. The number of fused-ring (bicyclic) bond motifs is 1. The number of hydrogen-bond acceptors (Lipinski definition) is 1. The predicted molar refractivity (Wildman–Crippen MR) is 92.3 cm³/mol. The maximum Gasteiger partial charge on any atom is 0.0984 e. The Bertz CT molecular complexity index is 652. The van der Waals surface area contributed by atoms with Gasteiger partial charge in [-0.25, -0.2) is 0 Å². The Morgan fingerprint density at radius 3 is 1.62 bits per heavy atom. The smallest absolute Gasteiger partial charge is 0.0984 e. The number of benzene rings is 1. The highest BCUT2D eigenvalue weighted by atomic mass is 16.3. The summed E-state index contributed by atoms with van der Waals surface area (Å²) < 4.78 is 5.54. The minimum Gasteiger partial charge on any atom is -0.471 e. The SMILES string of the molecule is CC(C)(C)c1cc2cocc2c(C(C)(C)C)c1C(C)(C)C. The highest BCUT2D eigenvalue weighted by Gasteiger charge is 2.33. The summed E-state index contributed by atoms with van der Waals surface area (Å²) in [6.07, 6.45) is 3.80. The molecule has 1 aromatic heterocycles. The van der Waals surface area contributed by atoms with Crippen molar-refractivity contribution in [2.24, 2.45) is 0 Å². The van der Waals surface area contributed by atoms with E-state index in [1.54, 1.807) is 0 Å². The van der Waals surface area contributed by atoms with Crippen LogP contribution in [0.3, 0.4) is 0 Å². The van der Waals surface area contributed by atoms with Crippen molar-refractivity contribution in [2.75, 3.05) is 0 Å². The van der Waals surface area contributed by atoms with Crippen molar-refractivity contribution in [3.63, 3.8) is 0 Å². The normalized spacial score (nSPS) is 14.0. The fraction of sp³-hybridized carbons (Fsp3) is 0.600. The molecule has 0 saturated carbocycles. The van der Waals surface area contributed by atoms with Gasteiger partial charge in [0.1, 0.15) is 0 Å². The summed E-state index contributed by atoms with van der Waals surface area (Å²) >= 11 is 0. The lowest BCUT2D eigenvalue weighted by molar-refractivity contribution is 0.501. The van der Waals surface area contributed by atoms with E-state index in [-0.39, 0.29) is 16.2 Å². The largest absolute Gasteiger partial charge is 0.471 e. The van der Waals surface area contributed by atoms with Crippen molar-refractivity contribution >= 4 is 10.8 Å². The lowest BCUT2D eigenvalue weighted by Crippen LogP contribution is -2.28. The van der Waals surface area contributed by atoms with Gasteiger partial charge >= 0.3 is 0 Å². The fourth-order valence-electron chi connectivity index (χ4n) is 3.27. The molecule has 0 aliphatic heterocycles. The van der Waals surface area contributed by atoms with E-state index >= 15 is 0 Å². The Labute approximate surface area is 129 Å². The Morgan fingerprint density at radius 2 is 1.19 bits per heavy atom. The average Bonchev–Trinajstić information content (AvgIpc) is 2.69. The molecule has 1 heterocycles. The van der Waals surface area contributed by atoms with Crippen LogP contribution in [0.25, 0.3) is 10.8 Å². The zero-order valence-electron chi connectivity index (χ0n) is 15.1. The number of hydrogen-bond donors (Lipinski definition) is 0. The molecule has 21 heavy (non-hydrogen) atoms. The first kappa shape index (κ1) is 16.1. The highest BCUT2D eigenvalue weighted by Crippen LogP contribution is 2.44. The third-order valence-corrected chi connectivity index (χ3v) is 4.09. The molecule has 0 bridgehead atoms. The molecule has 1 heteroatoms. The third kappa shape index (κ3) is 2.88. The lowest BCUT2D eigenvalue weighted by Gasteiger charge is -2.36. The van der Waals surface area contributed by atoms with E-state index in [4.69, 9.17) is 4.42 Å². The van der Waals surface area contributed by atoms with Gasteiger partial charge in [0.2, 0.25) is 0 Å². The first-order valence-corrected chi connectivity index (χ1v) is 7.88. The molecule has 0 spiro atoms. The summed E-state index contributed by atoms with van der Waals surface area (Å²) in [7, 11) is 0. The second-order valence-electron chi connectivity index (χ2n) is 9.30. The highest BCUT2D eigenvalue weighted by molar-refractivity contribution is 5.88. The van der Waals surface area contributed by atoms with Crippen LogP contribution in [-0.4, -0.2) is 0 Å². The molecule has 116 valence electrons. The first-order valence-electron chi connectivity index (χ1n) is 7.88. The zero-order valence-corrected chi connectivity index (χ0v) is 15.1. The van der Waals surface area contributed by atoms with Crippen molar-refractivity contribution in [3.8, 4) is 0 Å². The van der Waals surface area contributed by atoms with Crippen LogP contribution in [0, 0.1) is 0 Å². The maximum absolute atomic E-state index is 5.54. The molecule has 0 fully saturated rings. The van der Waals surface area contributed by atoms with Crippen LogP contribution in [0.2, 0.25) is 0 Å². The van der Waals surface area contributed by atoms with Crippen molar-refractivity contribution < 1.29 is 4.42 Å². The third-order valence-electron chi connectivity index (χ3n) is 4.09. The van der Waals surface area contributed by atoms with Crippen LogP contribution in [0.1, 0.15) is 79.0 Å². The van der Waals surface area contributed by atoms with Crippen LogP contribution < -0.4 is 0 Å². The van der Waals surface area contributed by atoms with E-state index in [2.05, 4.69) is 68.4 Å². The second-order valence-corrected chi connectivity index (χ2v) is 9.30. The molecular formula is C20H30O. The molecular weight excluding hydrogens is 256 g/mol. The van der Waals surface area contributed by atoms with E-state index in [1.165, 1.54) is 27.5 Å². The fourth-order valence-corrected chi connectivity index (χ4v) is 3.27. The molecule has 0 saturated heterocycles. The van der Waals surface area contributed by atoms with E-state index in [9.17, 15) is 0 Å². The van der Waals surface area contributed by atoms with Gasteiger partial charge < -0.3 is 4.42 Å². The van der Waals surface area contributed by atoms with Gasteiger partial charge in [0.15, 0.2) is 0 Å². The van der Waals surface area contributed by atoms with Gasteiger partial charge in [0.05, 0.1) is 12.5 Å². The Balaban J connectivity index is 3.04. The van der Waals surface area contributed by atoms with E-state index in [0.29, 0.717) is 0 Å². The zero-order chi connectivity index (χ0) is 16.2. The van der Waals surface area contributed by atoms with E-state index in [1.807, 2.05) is 12.5 Å². The summed E-state index contributed by atoms with van der Waals surface area (Å²) in [4.78, 5) is 0. The summed E-state index contributed by atoms with van der Waals surface area (Å²) in [6, 6.07) is 2.33. The molecule has 0 aliphatic rings. The van der Waals surface area contributed by atoms with Gasteiger partial charge in [-0.1, -0.05) is 62.3 Å². The van der Waals surface area contributed by atoms with Crippen LogP contribution in [0.4, 0.5) is 0 Å². The summed E-state index contributed by atoms with van der Waals surface area (Å²) in [6.45, 7) is 20.8. The first-order chi connectivity index (χ1) is 9.33. The summed E-state index contributed by atoms with van der Waals surface area (Å²) in [5.74, 6) is 0. The van der Waals surface area contributed by atoms with Gasteiger partial charge in [-0.3, -0.25) is 0 Å². The molecule has 0 N–H and O–H groups in total. The Morgan fingerprint density at radius 1 is 0.667 bits per heavy atom. The molecule has 0 radical (unpaired) electrons. The van der Waals surface area contributed by atoms with Crippen molar-refractivity contribution in [1.29, 1.82) is 0 Å². The van der Waals surface area contributed by atoms with Crippen molar-refractivity contribution in [3.05, 3.63) is 35.3 Å². The van der Waals surface area contributed by atoms with Crippen LogP contribution >= 0.6 is 0 Å². The molecule has 0 atom stereocenters. The van der Waals surface area contributed by atoms with E-state index < -0.39 is 0 Å². The van der Waals surface area contributed by atoms with Crippen LogP contribution in [0.5, 0.6) is 0 Å². The van der Waals surface area contributed by atoms with Crippen molar-refractivity contribution in [2.45, 2.75) is 78.6 Å². The Hall–Kier alpha value is -1.24. The Kier molecular flexibility index (Phi) is 3.56. The molecule has 0 unspecified atom stereocenters. The van der Waals surface area contributed by atoms with Crippen molar-refractivity contribution in [1.82, 2.24) is 0 Å². The minimum atomic E-state index is 0.0893. The molecule has 2 rings (SSSR count). The molecule has 0 amide bonds. The topological polar surface area (TPSA) is 13.1 Å². The van der Waals surface area contributed by atoms with E-state index in [0.717, 1.165) is 0 Å². The maximum atomic E-state index is 5.54. The van der Waals surface area contributed by atoms with Gasteiger partial charge in [-0.15, -0.1) is 0 Å². The molecule has 2 aromatic rings. The lowest BCUT2D eigenvalue weighted by atomic mass is 9.67. The monoisotopic (exact) mass is 286 g/mol. The summed E-state index contributed by atoms with van der Waals surface area (Å²) in [5.41, 5.74) is 4.67. The standard InChI is InChI=1S/C20H30O/c1-18(2,3)15-10-13-11-21-12-14(13)16(19(4,5)6)17(15)20(7,8)9/h10-12H,1-9H3. The quantitative estimate of drug-likeness (QED) is 0.552. The molecule has 0 aliphatic carbocycles. The van der Waals surface area contributed by atoms with Gasteiger partial charge in [0, 0.05) is 10.8 Å². The van der Waals surface area contributed by atoms with Crippen LogP contribution in [-0.2, 0) is 16.2 Å². The van der Waals surface area contributed by atoms with Gasteiger partial charge in [-0.05, 0) is 39.0 Å². The van der Waals surface area contributed by atoms with Gasteiger partial charge in [-0.2, -0.15) is 0 Å². The molecule has 1 nitrogen and oxygen atoms in total. The minimum absolute atomic E-state index is 0.0893. The second kappa shape index (κ2) is 4.63.